The topological polar surface area (TPSA) is 55.1 Å². The first-order chi connectivity index (χ1) is 9.74. The van der Waals surface area contributed by atoms with Crippen molar-refractivity contribution in [2.75, 3.05) is 11.9 Å². The summed E-state index contributed by atoms with van der Waals surface area (Å²) < 4.78 is 0.790. The smallest absolute Gasteiger partial charge is 0.224 e. The van der Waals surface area contributed by atoms with E-state index in [1.165, 1.54) is 0 Å². The first-order valence-corrected chi connectivity index (χ1v) is 8.36. The fourth-order valence-corrected chi connectivity index (χ4v) is 3.10. The fraction of sp³-hybridized carbons (Fsp3) is 0.562. The second-order valence-corrected chi connectivity index (χ2v) is 7.64. The molecule has 21 heavy (non-hydrogen) atoms. The second-order valence-electron chi connectivity index (χ2n) is 6.35. The van der Waals surface area contributed by atoms with Gasteiger partial charge in [-0.25, -0.2) is 0 Å². The molecule has 0 bridgehead atoms. The third-order valence-electron chi connectivity index (χ3n) is 3.66. The van der Waals surface area contributed by atoms with Gasteiger partial charge in [0.25, 0.3) is 0 Å². The number of nitrogens with one attached hydrogen (secondary N) is 1. The van der Waals surface area contributed by atoms with Crippen molar-refractivity contribution in [1.82, 2.24) is 0 Å². The molecule has 0 radical (unpaired) electrons. The molecule has 0 aliphatic rings. The van der Waals surface area contributed by atoms with Crippen LogP contribution in [0.5, 0.6) is 0 Å². The van der Waals surface area contributed by atoms with Gasteiger partial charge in [-0.15, -0.1) is 0 Å². The van der Waals surface area contributed by atoms with Crippen molar-refractivity contribution in [3.8, 4) is 0 Å². The largest absolute Gasteiger partial charge is 0.330 e. The van der Waals surface area contributed by atoms with Gasteiger partial charge in [-0.2, -0.15) is 0 Å². The van der Waals surface area contributed by atoms with Gasteiger partial charge < -0.3 is 11.1 Å². The highest BCUT2D eigenvalue weighted by molar-refractivity contribution is 9.10. The predicted molar refractivity (Wildman–Crippen MR) is 93.6 cm³/mol. The maximum atomic E-state index is 12.1. The number of rotatable bonds is 6. The molecule has 118 valence electrons. The zero-order valence-electron chi connectivity index (χ0n) is 12.9. The first-order valence-electron chi connectivity index (χ1n) is 7.19. The van der Waals surface area contributed by atoms with E-state index in [9.17, 15) is 4.79 Å². The lowest BCUT2D eigenvalue weighted by Gasteiger charge is -2.30. The number of anilines is 1. The summed E-state index contributed by atoms with van der Waals surface area (Å²) >= 11 is 9.28. The van der Waals surface area contributed by atoms with Crippen LogP contribution < -0.4 is 11.1 Å². The van der Waals surface area contributed by atoms with E-state index in [1.54, 1.807) is 18.2 Å². The van der Waals surface area contributed by atoms with E-state index in [0.29, 0.717) is 23.9 Å². The number of carbonyl (C=O) groups excluding carboxylic acids is 1. The van der Waals surface area contributed by atoms with E-state index in [2.05, 4.69) is 42.0 Å². The molecule has 0 aromatic heterocycles. The number of hydrogen-bond acceptors (Lipinski definition) is 2. The Hall–Kier alpha value is -0.580. The van der Waals surface area contributed by atoms with E-state index in [0.717, 1.165) is 23.0 Å². The van der Waals surface area contributed by atoms with Crippen LogP contribution in [0.25, 0.3) is 0 Å². The molecule has 0 saturated heterocycles. The Morgan fingerprint density at radius 3 is 2.57 bits per heavy atom. The normalized spacial score (nSPS) is 13.0. The molecule has 3 nitrogen and oxygen atoms in total. The Kier molecular flexibility index (Phi) is 7.17. The van der Waals surface area contributed by atoms with Gasteiger partial charge >= 0.3 is 0 Å². The van der Waals surface area contributed by atoms with Gasteiger partial charge in [0.1, 0.15) is 0 Å². The van der Waals surface area contributed by atoms with Gasteiger partial charge in [0.05, 0.1) is 5.69 Å². The third-order valence-corrected chi connectivity index (χ3v) is 4.56. The van der Waals surface area contributed by atoms with Gasteiger partial charge in [-0.3, -0.25) is 4.79 Å². The summed E-state index contributed by atoms with van der Waals surface area (Å²) in [4.78, 5) is 12.1. The maximum absolute atomic E-state index is 12.1. The lowest BCUT2D eigenvalue weighted by molar-refractivity contribution is -0.116. The molecule has 1 unspecified atom stereocenters. The van der Waals surface area contributed by atoms with Gasteiger partial charge in [0, 0.05) is 15.9 Å². The Labute approximate surface area is 140 Å². The molecule has 3 N–H and O–H groups in total. The average molecular weight is 376 g/mol. The monoisotopic (exact) mass is 374 g/mol. The van der Waals surface area contributed by atoms with Crippen molar-refractivity contribution < 1.29 is 4.79 Å². The van der Waals surface area contributed by atoms with Crippen molar-refractivity contribution in [3.05, 3.63) is 27.7 Å². The van der Waals surface area contributed by atoms with Gasteiger partial charge in [-0.05, 0) is 64.8 Å². The zero-order valence-corrected chi connectivity index (χ0v) is 15.2. The molecule has 1 aromatic rings. The van der Waals surface area contributed by atoms with Crippen molar-refractivity contribution >= 4 is 39.1 Å². The summed E-state index contributed by atoms with van der Waals surface area (Å²) in [7, 11) is 0. The van der Waals surface area contributed by atoms with Gasteiger partial charge in [-0.1, -0.05) is 32.4 Å². The van der Waals surface area contributed by atoms with Gasteiger partial charge in [0.15, 0.2) is 0 Å². The molecule has 0 heterocycles. The number of halogens is 2. The van der Waals surface area contributed by atoms with Crippen LogP contribution in [-0.4, -0.2) is 12.5 Å². The molecule has 0 spiro atoms. The summed E-state index contributed by atoms with van der Waals surface area (Å²) in [5, 5.41) is 3.55. The summed E-state index contributed by atoms with van der Waals surface area (Å²) in [5.74, 6) is 0.464. The quantitative estimate of drug-likeness (QED) is 0.748. The van der Waals surface area contributed by atoms with Crippen molar-refractivity contribution in [3.63, 3.8) is 0 Å². The highest BCUT2D eigenvalue weighted by Gasteiger charge is 2.24. The van der Waals surface area contributed by atoms with E-state index < -0.39 is 0 Å². The number of amides is 1. The van der Waals surface area contributed by atoms with E-state index in [1.807, 2.05) is 0 Å². The van der Waals surface area contributed by atoms with Crippen molar-refractivity contribution in [2.24, 2.45) is 17.1 Å². The van der Waals surface area contributed by atoms with Crippen LogP contribution in [0, 0.1) is 11.3 Å². The molecule has 1 aromatic carbocycles. The average Bonchev–Trinajstić information content (AvgIpc) is 2.36. The number of nitrogens with two attached hydrogens (primary N) is 1. The molecule has 0 saturated carbocycles. The Balaban J connectivity index is 2.57. The van der Waals surface area contributed by atoms with Crippen LogP contribution in [0.3, 0.4) is 0 Å². The summed E-state index contributed by atoms with van der Waals surface area (Å²) in [6.45, 7) is 7.25. The first kappa shape index (κ1) is 18.5. The highest BCUT2D eigenvalue weighted by atomic mass is 79.9. The molecule has 5 heteroatoms. The fourth-order valence-electron chi connectivity index (χ4n) is 2.32. The molecule has 0 fully saturated rings. The lowest BCUT2D eigenvalue weighted by atomic mass is 9.76. The van der Waals surface area contributed by atoms with Crippen LogP contribution in [0.15, 0.2) is 22.7 Å². The Morgan fingerprint density at radius 1 is 1.38 bits per heavy atom. The minimum absolute atomic E-state index is 0.0179. The highest BCUT2D eigenvalue weighted by Crippen LogP contribution is 2.32. The van der Waals surface area contributed by atoms with Crippen molar-refractivity contribution in [2.45, 2.75) is 40.0 Å². The van der Waals surface area contributed by atoms with Crippen molar-refractivity contribution in [1.29, 1.82) is 0 Å². The van der Waals surface area contributed by atoms with Crippen LogP contribution in [-0.2, 0) is 4.79 Å². The summed E-state index contributed by atoms with van der Waals surface area (Å²) in [5.41, 5.74) is 6.58. The van der Waals surface area contributed by atoms with Crippen LogP contribution in [0.2, 0.25) is 5.02 Å². The molecule has 0 aliphatic heterocycles. The summed E-state index contributed by atoms with van der Waals surface area (Å²) in [6.07, 6.45) is 2.29. The standard InChI is InChI=1S/C16H24BrClN2O/c1-16(2,3)11(8-9-19)4-7-15(21)20-14-6-5-12(18)10-13(14)17/h5-6,10-11H,4,7-9,19H2,1-3H3,(H,20,21). The Morgan fingerprint density at radius 2 is 2.05 bits per heavy atom. The molecule has 1 atom stereocenters. The number of carbonyl (C=O) groups is 1. The lowest BCUT2D eigenvalue weighted by Crippen LogP contribution is -2.25. The molecule has 1 amide bonds. The van der Waals surface area contributed by atoms with Crippen LogP contribution in [0.4, 0.5) is 5.69 Å². The number of hydrogen-bond donors (Lipinski definition) is 2. The minimum atomic E-state index is 0.0179. The SMILES string of the molecule is CC(C)(C)C(CCN)CCC(=O)Nc1ccc(Cl)cc1Br. The second kappa shape index (κ2) is 8.16. The molecule has 0 aliphatic carbocycles. The van der Waals surface area contributed by atoms with Crippen LogP contribution >= 0.6 is 27.5 Å². The van der Waals surface area contributed by atoms with E-state index in [4.69, 9.17) is 17.3 Å². The van der Waals surface area contributed by atoms with E-state index >= 15 is 0 Å². The maximum Gasteiger partial charge on any atom is 0.224 e. The molecular weight excluding hydrogens is 352 g/mol. The zero-order chi connectivity index (χ0) is 16.0. The third kappa shape index (κ3) is 6.37. The minimum Gasteiger partial charge on any atom is -0.330 e. The predicted octanol–water partition coefficient (Wildman–Crippen LogP) is 4.83. The molecular formula is C16H24BrClN2O. The van der Waals surface area contributed by atoms with Gasteiger partial charge in [0.2, 0.25) is 5.91 Å². The van der Waals surface area contributed by atoms with E-state index in [-0.39, 0.29) is 11.3 Å². The Bertz CT molecular complexity index is 486. The summed E-state index contributed by atoms with van der Waals surface area (Å²) in [6, 6.07) is 5.32. The number of benzene rings is 1. The van der Waals surface area contributed by atoms with Crippen LogP contribution in [0.1, 0.15) is 40.0 Å². The molecule has 1 rings (SSSR count).